The van der Waals surface area contributed by atoms with Crippen LogP contribution in [-0.4, -0.2) is 42.7 Å². The summed E-state index contributed by atoms with van der Waals surface area (Å²) in [6.45, 7) is 4.79. The Morgan fingerprint density at radius 3 is 2.31 bits per heavy atom. The van der Waals surface area contributed by atoms with E-state index in [0.29, 0.717) is 10.0 Å². The van der Waals surface area contributed by atoms with Gasteiger partial charge in [0, 0.05) is 59.4 Å². The Balaban J connectivity index is 1.44. The molecular weight excluding hydrogens is 427 g/mol. The van der Waals surface area contributed by atoms with Crippen molar-refractivity contribution in [2.75, 3.05) is 37.6 Å². The van der Waals surface area contributed by atoms with Gasteiger partial charge in [0.1, 0.15) is 0 Å². The zero-order valence-corrected chi connectivity index (χ0v) is 18.7. The minimum atomic E-state index is -0.864. The lowest BCUT2D eigenvalue weighted by atomic mass is 9.71. The summed E-state index contributed by atoms with van der Waals surface area (Å²) in [5.74, 6) is 0.184. The van der Waals surface area contributed by atoms with Crippen LogP contribution in [0.3, 0.4) is 0 Å². The lowest BCUT2D eigenvalue weighted by molar-refractivity contribution is -0.0660. The van der Waals surface area contributed by atoms with Gasteiger partial charge in [0.15, 0.2) is 0 Å². The van der Waals surface area contributed by atoms with Gasteiger partial charge in [0.05, 0.1) is 5.60 Å². The van der Waals surface area contributed by atoms with Gasteiger partial charge in [-0.1, -0.05) is 53.7 Å². The van der Waals surface area contributed by atoms with Crippen molar-refractivity contribution in [3.63, 3.8) is 0 Å². The lowest BCUT2D eigenvalue weighted by Gasteiger charge is -2.44. The second kappa shape index (κ2) is 9.03. The molecule has 1 N–H and O–H groups in total. The van der Waals surface area contributed by atoms with Crippen LogP contribution in [0.4, 0.5) is 5.69 Å². The first-order chi connectivity index (χ1) is 13.9. The maximum Gasteiger partial charge on any atom is 0.0937 e. The Hall–Kier alpha value is -0.970. The molecule has 1 saturated carbocycles. The predicted octanol–water partition coefficient (Wildman–Crippen LogP) is 5.85. The van der Waals surface area contributed by atoms with Crippen molar-refractivity contribution < 1.29 is 5.11 Å². The Morgan fingerprint density at radius 2 is 1.62 bits per heavy atom. The summed E-state index contributed by atoms with van der Waals surface area (Å²) in [7, 11) is 0. The van der Waals surface area contributed by atoms with Crippen molar-refractivity contribution in [3.05, 3.63) is 63.1 Å². The number of hydrogen-bond acceptors (Lipinski definition) is 3. The lowest BCUT2D eigenvalue weighted by Crippen LogP contribution is -2.51. The van der Waals surface area contributed by atoms with Crippen LogP contribution in [0.2, 0.25) is 15.1 Å². The molecular formula is C23H27Cl3N2O. The van der Waals surface area contributed by atoms with Crippen LogP contribution in [0, 0.1) is 5.92 Å². The first-order valence-electron chi connectivity index (χ1n) is 10.4. The highest BCUT2D eigenvalue weighted by atomic mass is 35.5. The fourth-order valence-electron chi connectivity index (χ4n) is 4.83. The van der Waals surface area contributed by atoms with Crippen LogP contribution in [0.15, 0.2) is 42.5 Å². The van der Waals surface area contributed by atoms with E-state index in [4.69, 9.17) is 34.8 Å². The SMILES string of the molecule is OC1(c2cc(Cl)cc(Cl)c2)CCCCC1CN1CCN(c2cccc(Cl)c2)CC1. The van der Waals surface area contributed by atoms with E-state index >= 15 is 0 Å². The van der Waals surface area contributed by atoms with Crippen molar-refractivity contribution in [1.29, 1.82) is 0 Å². The molecule has 1 aliphatic heterocycles. The molecule has 0 amide bonds. The van der Waals surface area contributed by atoms with Crippen LogP contribution in [0.5, 0.6) is 0 Å². The maximum absolute atomic E-state index is 11.7. The minimum Gasteiger partial charge on any atom is -0.385 e. The number of aliphatic hydroxyl groups is 1. The van der Waals surface area contributed by atoms with Gasteiger partial charge in [-0.25, -0.2) is 0 Å². The molecule has 1 heterocycles. The van der Waals surface area contributed by atoms with Crippen LogP contribution in [0.25, 0.3) is 0 Å². The summed E-state index contributed by atoms with van der Waals surface area (Å²) in [6.07, 6.45) is 3.97. The van der Waals surface area contributed by atoms with Crippen molar-refractivity contribution >= 4 is 40.5 Å². The Labute approximate surface area is 188 Å². The standard InChI is InChI=1S/C23H27Cl3N2O/c24-19-5-3-6-22(15-19)28-10-8-27(9-11-28)16-17-4-1-2-7-23(17,29)18-12-20(25)14-21(26)13-18/h3,5-6,12-15,17,29H,1-2,4,7-11,16H2. The van der Waals surface area contributed by atoms with Gasteiger partial charge in [-0.15, -0.1) is 0 Å². The normalized spacial score (nSPS) is 25.9. The Bertz CT molecular complexity index is 834. The first kappa shape index (κ1) is 21.3. The molecule has 1 aliphatic carbocycles. The van der Waals surface area contributed by atoms with E-state index in [1.165, 1.54) is 5.69 Å². The third kappa shape index (κ3) is 4.86. The molecule has 2 aromatic carbocycles. The van der Waals surface area contributed by atoms with E-state index in [-0.39, 0.29) is 5.92 Å². The molecule has 4 rings (SSSR count). The molecule has 2 aromatic rings. The highest BCUT2D eigenvalue weighted by molar-refractivity contribution is 6.34. The second-order valence-corrected chi connectivity index (χ2v) is 9.60. The highest BCUT2D eigenvalue weighted by Crippen LogP contribution is 2.43. The van der Waals surface area contributed by atoms with Gasteiger partial charge >= 0.3 is 0 Å². The van der Waals surface area contributed by atoms with Gasteiger partial charge in [0.2, 0.25) is 0 Å². The largest absolute Gasteiger partial charge is 0.385 e. The molecule has 2 aliphatic rings. The molecule has 0 bridgehead atoms. The van der Waals surface area contributed by atoms with Gasteiger partial charge in [0.25, 0.3) is 0 Å². The number of rotatable bonds is 4. The number of piperazine rings is 1. The van der Waals surface area contributed by atoms with Crippen LogP contribution < -0.4 is 4.90 Å². The zero-order valence-electron chi connectivity index (χ0n) is 16.5. The monoisotopic (exact) mass is 452 g/mol. The van der Waals surface area contributed by atoms with Gasteiger partial charge in [-0.3, -0.25) is 4.90 Å². The summed E-state index contributed by atoms with van der Waals surface area (Å²) < 4.78 is 0. The van der Waals surface area contributed by atoms with Crippen LogP contribution in [-0.2, 0) is 5.60 Å². The summed E-state index contributed by atoms with van der Waals surface area (Å²) >= 11 is 18.6. The second-order valence-electron chi connectivity index (χ2n) is 8.29. The molecule has 0 spiro atoms. The number of hydrogen-bond donors (Lipinski definition) is 1. The van der Waals surface area contributed by atoms with E-state index < -0.39 is 5.60 Å². The third-order valence-electron chi connectivity index (χ3n) is 6.42. The average molecular weight is 454 g/mol. The van der Waals surface area contributed by atoms with Crippen molar-refractivity contribution in [3.8, 4) is 0 Å². The Morgan fingerprint density at radius 1 is 0.897 bits per heavy atom. The molecule has 2 unspecified atom stereocenters. The van der Waals surface area contributed by atoms with E-state index in [0.717, 1.165) is 69.0 Å². The first-order valence-corrected chi connectivity index (χ1v) is 11.5. The van der Waals surface area contributed by atoms with E-state index in [2.05, 4.69) is 15.9 Å². The van der Waals surface area contributed by atoms with Crippen molar-refractivity contribution in [1.82, 2.24) is 4.90 Å². The number of benzene rings is 2. The van der Waals surface area contributed by atoms with E-state index in [9.17, 15) is 5.11 Å². The Kier molecular flexibility index (Phi) is 6.62. The molecule has 2 fully saturated rings. The molecule has 156 valence electrons. The summed E-state index contributed by atoms with van der Waals surface area (Å²) in [4.78, 5) is 4.86. The summed E-state index contributed by atoms with van der Waals surface area (Å²) in [6, 6.07) is 13.5. The fraction of sp³-hybridized carbons (Fsp3) is 0.478. The van der Waals surface area contributed by atoms with Crippen LogP contribution in [0.1, 0.15) is 31.2 Å². The van der Waals surface area contributed by atoms with E-state index in [1.807, 2.05) is 30.3 Å². The van der Waals surface area contributed by atoms with Crippen LogP contribution >= 0.6 is 34.8 Å². The number of halogens is 3. The number of anilines is 1. The quantitative estimate of drug-likeness (QED) is 0.629. The fourth-order valence-corrected chi connectivity index (χ4v) is 5.54. The zero-order chi connectivity index (χ0) is 20.4. The molecule has 0 radical (unpaired) electrons. The number of nitrogens with zero attached hydrogens (tertiary/aromatic N) is 2. The average Bonchev–Trinajstić information content (AvgIpc) is 2.70. The predicted molar refractivity (Wildman–Crippen MR) is 122 cm³/mol. The maximum atomic E-state index is 11.7. The molecule has 6 heteroatoms. The smallest absolute Gasteiger partial charge is 0.0937 e. The molecule has 0 aromatic heterocycles. The van der Waals surface area contributed by atoms with Gasteiger partial charge in [-0.2, -0.15) is 0 Å². The topological polar surface area (TPSA) is 26.7 Å². The van der Waals surface area contributed by atoms with Crippen molar-refractivity contribution in [2.24, 2.45) is 5.92 Å². The molecule has 1 saturated heterocycles. The van der Waals surface area contributed by atoms with E-state index in [1.54, 1.807) is 6.07 Å². The van der Waals surface area contributed by atoms with Gasteiger partial charge < -0.3 is 10.0 Å². The molecule has 2 atom stereocenters. The summed E-state index contributed by atoms with van der Waals surface area (Å²) in [5, 5.41) is 13.6. The third-order valence-corrected chi connectivity index (χ3v) is 7.09. The molecule has 29 heavy (non-hydrogen) atoms. The summed E-state index contributed by atoms with van der Waals surface area (Å²) in [5.41, 5.74) is 1.17. The molecule has 3 nitrogen and oxygen atoms in total. The van der Waals surface area contributed by atoms with Crippen molar-refractivity contribution in [2.45, 2.75) is 31.3 Å². The minimum absolute atomic E-state index is 0.184. The van der Waals surface area contributed by atoms with Gasteiger partial charge in [-0.05, 0) is 54.8 Å². The highest BCUT2D eigenvalue weighted by Gasteiger charge is 2.41.